The first kappa shape index (κ1) is 13.3. The summed E-state index contributed by atoms with van der Waals surface area (Å²) in [7, 11) is 1.63. The molecular formula is C15H22FNO. The van der Waals surface area contributed by atoms with Gasteiger partial charge in [0, 0.05) is 5.56 Å². The molecule has 0 aromatic heterocycles. The highest BCUT2D eigenvalue weighted by Crippen LogP contribution is 2.36. The van der Waals surface area contributed by atoms with Crippen LogP contribution in [-0.2, 0) is 6.42 Å². The first-order valence-electron chi connectivity index (χ1n) is 6.75. The van der Waals surface area contributed by atoms with Crippen LogP contribution in [0, 0.1) is 12.7 Å². The molecule has 3 heteroatoms. The number of ether oxygens (including phenoxy) is 1. The smallest absolute Gasteiger partial charge is 0.130 e. The minimum absolute atomic E-state index is 0.141. The number of hydrogen-bond donors (Lipinski definition) is 1. The summed E-state index contributed by atoms with van der Waals surface area (Å²) in [4.78, 5) is 0. The summed E-state index contributed by atoms with van der Waals surface area (Å²) in [5, 5.41) is 3.35. The third-order valence-corrected chi connectivity index (χ3v) is 3.94. The lowest BCUT2D eigenvalue weighted by molar-refractivity contribution is 0.397. The van der Waals surface area contributed by atoms with E-state index < -0.39 is 0 Å². The number of piperidine rings is 1. The molecule has 1 saturated heterocycles. The van der Waals surface area contributed by atoms with E-state index in [2.05, 4.69) is 12.2 Å². The molecule has 1 aromatic rings. The minimum atomic E-state index is -0.141. The van der Waals surface area contributed by atoms with E-state index in [9.17, 15) is 4.39 Å². The van der Waals surface area contributed by atoms with Gasteiger partial charge in [-0.1, -0.05) is 6.92 Å². The van der Waals surface area contributed by atoms with Crippen LogP contribution in [-0.4, -0.2) is 20.2 Å². The van der Waals surface area contributed by atoms with Crippen molar-refractivity contribution in [3.05, 3.63) is 28.6 Å². The number of rotatable bonds is 3. The second-order valence-corrected chi connectivity index (χ2v) is 4.96. The molecule has 2 nitrogen and oxygen atoms in total. The lowest BCUT2D eigenvalue weighted by Gasteiger charge is -2.26. The molecule has 2 rings (SSSR count). The predicted octanol–water partition coefficient (Wildman–Crippen LogP) is 3.17. The topological polar surface area (TPSA) is 21.3 Å². The number of nitrogens with one attached hydrogen (secondary N) is 1. The molecule has 0 bridgehead atoms. The molecule has 0 spiro atoms. The first-order valence-corrected chi connectivity index (χ1v) is 6.75. The highest BCUT2D eigenvalue weighted by Gasteiger charge is 2.22. The second kappa shape index (κ2) is 5.70. The molecule has 0 saturated carbocycles. The lowest BCUT2D eigenvalue weighted by Crippen LogP contribution is -2.27. The zero-order valence-electron chi connectivity index (χ0n) is 11.5. The highest BCUT2D eigenvalue weighted by molar-refractivity contribution is 5.48. The Balaban J connectivity index is 2.47. The Bertz CT molecular complexity index is 425. The summed E-state index contributed by atoms with van der Waals surface area (Å²) in [6.07, 6.45) is 3.06. The van der Waals surface area contributed by atoms with Gasteiger partial charge in [-0.3, -0.25) is 0 Å². The van der Waals surface area contributed by atoms with Crippen LogP contribution in [0.3, 0.4) is 0 Å². The molecule has 1 N–H and O–H groups in total. The van der Waals surface area contributed by atoms with Gasteiger partial charge in [0.1, 0.15) is 11.6 Å². The van der Waals surface area contributed by atoms with Crippen molar-refractivity contribution < 1.29 is 9.13 Å². The molecular weight excluding hydrogens is 229 g/mol. The fraction of sp³-hybridized carbons (Fsp3) is 0.600. The monoisotopic (exact) mass is 251 g/mol. The average molecular weight is 251 g/mol. The number of methoxy groups -OCH3 is 1. The standard InChI is InChI=1S/C15H22FNO/c1-4-12-13(11-5-7-17-8-6-11)9-14(16)10(2)15(12)18-3/h9,11,17H,4-8H2,1-3H3. The van der Waals surface area contributed by atoms with Crippen molar-refractivity contribution in [1.82, 2.24) is 5.32 Å². The van der Waals surface area contributed by atoms with Crippen molar-refractivity contribution in [1.29, 1.82) is 0 Å². The van der Waals surface area contributed by atoms with E-state index in [1.54, 1.807) is 20.1 Å². The van der Waals surface area contributed by atoms with Gasteiger partial charge in [-0.05, 0) is 62.4 Å². The summed E-state index contributed by atoms with van der Waals surface area (Å²) in [6, 6.07) is 1.73. The summed E-state index contributed by atoms with van der Waals surface area (Å²) in [5.41, 5.74) is 2.97. The zero-order valence-corrected chi connectivity index (χ0v) is 11.5. The maximum atomic E-state index is 14.0. The van der Waals surface area contributed by atoms with Crippen LogP contribution in [0.15, 0.2) is 6.07 Å². The molecule has 1 aromatic carbocycles. The molecule has 18 heavy (non-hydrogen) atoms. The minimum Gasteiger partial charge on any atom is -0.496 e. The number of hydrogen-bond acceptors (Lipinski definition) is 2. The van der Waals surface area contributed by atoms with Gasteiger partial charge in [-0.25, -0.2) is 4.39 Å². The molecule has 0 radical (unpaired) electrons. The van der Waals surface area contributed by atoms with Crippen molar-refractivity contribution in [2.75, 3.05) is 20.2 Å². The van der Waals surface area contributed by atoms with Crippen LogP contribution in [0.1, 0.15) is 42.4 Å². The normalized spacial score (nSPS) is 16.9. The van der Waals surface area contributed by atoms with E-state index in [1.165, 1.54) is 5.56 Å². The summed E-state index contributed by atoms with van der Waals surface area (Å²) in [6.45, 7) is 5.94. The van der Waals surface area contributed by atoms with Crippen LogP contribution in [0.4, 0.5) is 4.39 Å². The van der Waals surface area contributed by atoms with Crippen molar-refractivity contribution in [2.24, 2.45) is 0 Å². The van der Waals surface area contributed by atoms with Gasteiger partial charge in [0.05, 0.1) is 7.11 Å². The fourth-order valence-corrected chi connectivity index (χ4v) is 2.94. The molecule has 0 aliphatic carbocycles. The van der Waals surface area contributed by atoms with Gasteiger partial charge >= 0.3 is 0 Å². The highest BCUT2D eigenvalue weighted by atomic mass is 19.1. The predicted molar refractivity (Wildman–Crippen MR) is 71.9 cm³/mol. The zero-order chi connectivity index (χ0) is 13.1. The Morgan fingerprint density at radius 2 is 2.06 bits per heavy atom. The van der Waals surface area contributed by atoms with E-state index >= 15 is 0 Å². The molecule has 1 fully saturated rings. The van der Waals surface area contributed by atoms with Crippen molar-refractivity contribution >= 4 is 0 Å². The maximum absolute atomic E-state index is 14.0. The molecule has 100 valence electrons. The molecule has 0 amide bonds. The summed E-state index contributed by atoms with van der Waals surface area (Å²) in [5.74, 6) is 1.06. The van der Waals surface area contributed by atoms with Crippen molar-refractivity contribution in [3.63, 3.8) is 0 Å². The summed E-state index contributed by atoms with van der Waals surface area (Å²) < 4.78 is 19.4. The SMILES string of the molecule is CCc1c(C2CCNCC2)cc(F)c(C)c1OC. The Morgan fingerprint density at radius 1 is 1.39 bits per heavy atom. The molecule has 0 atom stereocenters. The molecule has 0 unspecified atom stereocenters. The Morgan fingerprint density at radius 3 is 2.61 bits per heavy atom. The quantitative estimate of drug-likeness (QED) is 0.891. The molecule has 1 heterocycles. The Hall–Kier alpha value is -1.09. The molecule has 1 aliphatic heterocycles. The van der Waals surface area contributed by atoms with Gasteiger partial charge in [0.15, 0.2) is 0 Å². The third kappa shape index (κ3) is 2.37. The van der Waals surface area contributed by atoms with Gasteiger partial charge < -0.3 is 10.1 Å². The Labute approximate surface area is 109 Å². The first-order chi connectivity index (χ1) is 8.69. The van der Waals surface area contributed by atoms with Crippen LogP contribution in [0.2, 0.25) is 0 Å². The van der Waals surface area contributed by atoms with Gasteiger partial charge in [-0.2, -0.15) is 0 Å². The van der Waals surface area contributed by atoms with Crippen LogP contribution < -0.4 is 10.1 Å². The van der Waals surface area contributed by atoms with Gasteiger partial charge in [0.2, 0.25) is 0 Å². The van der Waals surface area contributed by atoms with Crippen molar-refractivity contribution in [3.8, 4) is 5.75 Å². The van der Waals surface area contributed by atoms with E-state index in [4.69, 9.17) is 4.74 Å². The largest absolute Gasteiger partial charge is 0.496 e. The second-order valence-electron chi connectivity index (χ2n) is 4.96. The van der Waals surface area contributed by atoms with Crippen LogP contribution in [0.25, 0.3) is 0 Å². The van der Waals surface area contributed by atoms with Crippen LogP contribution >= 0.6 is 0 Å². The van der Waals surface area contributed by atoms with E-state index in [1.807, 2.05) is 0 Å². The van der Waals surface area contributed by atoms with E-state index in [0.717, 1.165) is 43.7 Å². The van der Waals surface area contributed by atoms with E-state index in [-0.39, 0.29) is 5.82 Å². The third-order valence-electron chi connectivity index (χ3n) is 3.94. The molecule has 1 aliphatic rings. The fourth-order valence-electron chi connectivity index (χ4n) is 2.94. The maximum Gasteiger partial charge on any atom is 0.130 e. The van der Waals surface area contributed by atoms with Gasteiger partial charge in [-0.15, -0.1) is 0 Å². The number of benzene rings is 1. The lowest BCUT2D eigenvalue weighted by atomic mass is 9.85. The summed E-state index contributed by atoms with van der Waals surface area (Å²) >= 11 is 0. The van der Waals surface area contributed by atoms with Crippen LogP contribution in [0.5, 0.6) is 5.75 Å². The van der Waals surface area contributed by atoms with Crippen molar-refractivity contribution in [2.45, 2.75) is 39.0 Å². The number of halogens is 1. The van der Waals surface area contributed by atoms with Gasteiger partial charge in [0.25, 0.3) is 0 Å². The average Bonchev–Trinajstić information content (AvgIpc) is 2.42. The Kier molecular flexibility index (Phi) is 4.23. The van der Waals surface area contributed by atoms with E-state index in [0.29, 0.717) is 11.5 Å².